The number of hydrogen-bond donors (Lipinski definition) is 1. The van der Waals surface area contributed by atoms with Crippen LogP contribution in [0.1, 0.15) is 29.3 Å². The SMILES string of the molecule is CCC(=O)c1ccc(Cl)c(N(Cc2ccccc2)C[SH](=O)=O)c1Cl. The second-order valence-electron chi connectivity index (χ2n) is 5.19. The largest absolute Gasteiger partial charge is 0.351 e. The number of benzene rings is 2. The number of carbonyl (C=O) groups is 1. The molecule has 128 valence electrons. The van der Waals surface area contributed by atoms with Crippen LogP contribution in [0, 0.1) is 0 Å². The molecule has 0 N–H and O–H groups in total. The highest BCUT2D eigenvalue weighted by atomic mass is 35.5. The van der Waals surface area contributed by atoms with E-state index in [4.69, 9.17) is 23.2 Å². The van der Waals surface area contributed by atoms with Gasteiger partial charge in [0.05, 0.1) is 15.7 Å². The van der Waals surface area contributed by atoms with E-state index in [9.17, 15) is 13.2 Å². The van der Waals surface area contributed by atoms with Gasteiger partial charge in [0, 0.05) is 18.5 Å². The average Bonchev–Trinajstić information content (AvgIpc) is 2.54. The maximum atomic E-state index is 12.0. The Morgan fingerprint density at radius 1 is 1.08 bits per heavy atom. The van der Waals surface area contributed by atoms with E-state index in [1.807, 2.05) is 30.3 Å². The summed E-state index contributed by atoms with van der Waals surface area (Å²) in [5, 5.41) is 0.488. The molecule has 2 rings (SSSR count). The molecular weight excluding hydrogens is 369 g/mol. The molecule has 0 bridgehead atoms. The molecule has 0 spiro atoms. The summed E-state index contributed by atoms with van der Waals surface area (Å²) in [4.78, 5) is 13.6. The smallest absolute Gasteiger partial charge is 0.164 e. The van der Waals surface area contributed by atoms with E-state index >= 15 is 0 Å². The van der Waals surface area contributed by atoms with Gasteiger partial charge < -0.3 is 4.90 Å². The normalized spacial score (nSPS) is 10.8. The van der Waals surface area contributed by atoms with Crippen molar-refractivity contribution in [2.24, 2.45) is 0 Å². The van der Waals surface area contributed by atoms with Gasteiger partial charge in [0.25, 0.3) is 0 Å². The number of nitrogens with zero attached hydrogens (tertiary/aromatic N) is 1. The lowest BCUT2D eigenvalue weighted by Crippen LogP contribution is -2.26. The van der Waals surface area contributed by atoms with E-state index in [2.05, 4.69) is 0 Å². The Balaban J connectivity index is 2.51. The topological polar surface area (TPSA) is 54.5 Å². The van der Waals surface area contributed by atoms with Gasteiger partial charge in [-0.1, -0.05) is 60.5 Å². The Morgan fingerprint density at radius 3 is 2.33 bits per heavy atom. The Morgan fingerprint density at radius 2 is 1.75 bits per heavy atom. The van der Waals surface area contributed by atoms with E-state index < -0.39 is 10.7 Å². The monoisotopic (exact) mass is 385 g/mol. The molecule has 24 heavy (non-hydrogen) atoms. The van der Waals surface area contributed by atoms with Crippen molar-refractivity contribution in [1.29, 1.82) is 0 Å². The Kier molecular flexibility index (Phi) is 6.66. The highest BCUT2D eigenvalue weighted by molar-refractivity contribution is 7.72. The summed E-state index contributed by atoms with van der Waals surface area (Å²) in [7, 11) is -2.69. The molecule has 0 aliphatic heterocycles. The van der Waals surface area contributed by atoms with Crippen LogP contribution in [-0.2, 0) is 17.2 Å². The molecule has 0 aromatic heterocycles. The maximum Gasteiger partial charge on any atom is 0.164 e. The van der Waals surface area contributed by atoms with E-state index in [0.717, 1.165) is 5.56 Å². The molecule has 2 aromatic carbocycles. The van der Waals surface area contributed by atoms with Crippen LogP contribution in [0.15, 0.2) is 42.5 Å². The summed E-state index contributed by atoms with van der Waals surface area (Å²) in [5.41, 5.74) is 1.62. The zero-order valence-corrected chi connectivity index (χ0v) is 15.4. The van der Waals surface area contributed by atoms with Gasteiger partial charge in [-0.3, -0.25) is 4.79 Å². The van der Waals surface area contributed by atoms with Gasteiger partial charge in [-0.05, 0) is 17.7 Å². The summed E-state index contributed by atoms with van der Waals surface area (Å²) in [6.07, 6.45) is 0.301. The third kappa shape index (κ3) is 4.50. The lowest BCUT2D eigenvalue weighted by atomic mass is 10.1. The standard InChI is InChI=1S/C17H17Cl2NO3S/c1-2-15(21)13-8-9-14(18)17(16(13)19)20(11-24(22)23)10-12-6-4-3-5-7-12/h3-9,24H,2,10-11H2,1H3. The summed E-state index contributed by atoms with van der Waals surface area (Å²) < 4.78 is 22.6. The molecule has 0 atom stereocenters. The van der Waals surface area contributed by atoms with E-state index in [1.165, 1.54) is 0 Å². The number of ketones is 1. The zero-order valence-electron chi connectivity index (χ0n) is 13.0. The van der Waals surface area contributed by atoms with Gasteiger partial charge in [0.1, 0.15) is 5.88 Å². The molecule has 0 saturated carbocycles. The van der Waals surface area contributed by atoms with E-state index in [1.54, 1.807) is 24.0 Å². The predicted molar refractivity (Wildman–Crippen MR) is 98.9 cm³/mol. The second-order valence-corrected chi connectivity index (χ2v) is 6.93. The molecule has 2 aromatic rings. The molecule has 0 radical (unpaired) electrons. The fourth-order valence-electron chi connectivity index (χ4n) is 2.38. The molecule has 0 saturated heterocycles. The van der Waals surface area contributed by atoms with Crippen molar-refractivity contribution < 1.29 is 13.2 Å². The molecule has 0 amide bonds. The first-order valence-electron chi connectivity index (χ1n) is 7.36. The first kappa shape index (κ1) is 18.8. The lowest BCUT2D eigenvalue weighted by Gasteiger charge is -2.25. The minimum atomic E-state index is -2.69. The van der Waals surface area contributed by atoms with Crippen molar-refractivity contribution in [3.8, 4) is 0 Å². The molecule has 0 unspecified atom stereocenters. The molecule has 0 aliphatic carbocycles. The van der Waals surface area contributed by atoms with Gasteiger partial charge in [0.2, 0.25) is 0 Å². The molecule has 0 heterocycles. The minimum absolute atomic E-state index is 0.121. The van der Waals surface area contributed by atoms with Crippen LogP contribution in [0.3, 0.4) is 0 Å². The summed E-state index contributed by atoms with van der Waals surface area (Å²) in [5.74, 6) is -0.364. The lowest BCUT2D eigenvalue weighted by molar-refractivity contribution is 0.0988. The summed E-state index contributed by atoms with van der Waals surface area (Å²) in [6.45, 7) is 2.05. The Labute approximate surface area is 152 Å². The molecular formula is C17H17Cl2NO3S. The second kappa shape index (κ2) is 8.51. The number of rotatable bonds is 7. The number of thiol groups is 1. The van der Waals surface area contributed by atoms with E-state index in [-0.39, 0.29) is 16.7 Å². The number of carbonyl (C=O) groups excluding carboxylic acids is 1. The zero-order chi connectivity index (χ0) is 17.7. The quantitative estimate of drug-likeness (QED) is 0.574. The van der Waals surface area contributed by atoms with Crippen molar-refractivity contribution in [3.05, 3.63) is 63.6 Å². The van der Waals surface area contributed by atoms with Crippen molar-refractivity contribution in [3.63, 3.8) is 0 Å². The summed E-state index contributed by atoms with van der Waals surface area (Å²) >= 11 is 12.6. The third-order valence-electron chi connectivity index (χ3n) is 3.51. The van der Waals surface area contributed by atoms with Crippen molar-refractivity contribution >= 4 is 45.4 Å². The van der Waals surface area contributed by atoms with Gasteiger partial charge >= 0.3 is 0 Å². The maximum absolute atomic E-state index is 12.0. The fraction of sp³-hybridized carbons (Fsp3) is 0.235. The number of halogens is 2. The van der Waals surface area contributed by atoms with Crippen LogP contribution in [0.2, 0.25) is 10.0 Å². The van der Waals surface area contributed by atoms with Crippen LogP contribution in [0.5, 0.6) is 0 Å². The van der Waals surface area contributed by atoms with Crippen LogP contribution in [0.25, 0.3) is 0 Å². The van der Waals surface area contributed by atoms with Crippen molar-refractivity contribution in [1.82, 2.24) is 0 Å². The van der Waals surface area contributed by atoms with Crippen LogP contribution < -0.4 is 4.90 Å². The van der Waals surface area contributed by atoms with Gasteiger partial charge in [-0.15, -0.1) is 0 Å². The Bertz CT molecular complexity index is 799. The third-order valence-corrected chi connectivity index (χ3v) is 4.77. The molecule has 0 aliphatic rings. The Hall–Kier alpha value is -1.56. The van der Waals surface area contributed by atoms with Gasteiger partial charge in [-0.25, -0.2) is 8.42 Å². The molecule has 0 fully saturated rings. The van der Waals surface area contributed by atoms with Crippen molar-refractivity contribution in [2.45, 2.75) is 19.9 Å². The number of hydrogen-bond acceptors (Lipinski definition) is 4. The van der Waals surface area contributed by atoms with E-state index in [0.29, 0.717) is 29.2 Å². The summed E-state index contributed by atoms with van der Waals surface area (Å²) in [6, 6.07) is 12.5. The highest BCUT2D eigenvalue weighted by Crippen LogP contribution is 2.37. The molecule has 4 nitrogen and oxygen atoms in total. The first-order chi connectivity index (χ1) is 11.4. The number of anilines is 1. The highest BCUT2D eigenvalue weighted by Gasteiger charge is 2.20. The van der Waals surface area contributed by atoms with Gasteiger partial charge in [0.15, 0.2) is 16.5 Å². The first-order valence-corrected chi connectivity index (χ1v) is 9.47. The average molecular weight is 386 g/mol. The van der Waals surface area contributed by atoms with Crippen LogP contribution in [0.4, 0.5) is 5.69 Å². The van der Waals surface area contributed by atoms with Crippen LogP contribution in [-0.4, -0.2) is 20.1 Å². The predicted octanol–water partition coefficient (Wildman–Crippen LogP) is 4.16. The minimum Gasteiger partial charge on any atom is -0.351 e. The molecule has 7 heteroatoms. The fourth-order valence-corrected chi connectivity index (χ4v) is 3.61. The number of Topliss-reactive ketones (excluding diaryl/α,β-unsaturated/α-hetero) is 1. The van der Waals surface area contributed by atoms with Crippen molar-refractivity contribution in [2.75, 3.05) is 10.8 Å². The van der Waals surface area contributed by atoms with Crippen LogP contribution >= 0.6 is 23.2 Å². The van der Waals surface area contributed by atoms with Gasteiger partial charge in [-0.2, -0.15) is 0 Å².